The van der Waals surface area contributed by atoms with E-state index in [0.717, 1.165) is 11.5 Å². The Balaban J connectivity index is 2.34. The standard InChI is InChI=1S/C17H21N3O5/c1-4-20-9-6-5-8(2)11-14(13(9)18-10(20)7-25-3)19-16(22)12(15(11)21)17(23)24/h8H,4-7H2,1-3H3,(H,23,24)(H2,19,21,22)/t8-/m0/s1. The van der Waals surface area contributed by atoms with Crippen LogP contribution in [0.3, 0.4) is 0 Å². The third-order valence-electron chi connectivity index (χ3n) is 4.73. The minimum Gasteiger partial charge on any atom is -0.506 e. The number of nitrogens with zero attached hydrogens (tertiary/aromatic N) is 2. The van der Waals surface area contributed by atoms with Crippen LogP contribution in [0.2, 0.25) is 0 Å². The van der Waals surface area contributed by atoms with Gasteiger partial charge in [-0.25, -0.2) is 9.78 Å². The lowest BCUT2D eigenvalue weighted by atomic mass is 9.94. The minimum absolute atomic E-state index is 0.115. The first-order valence-corrected chi connectivity index (χ1v) is 8.20. The van der Waals surface area contributed by atoms with Crippen LogP contribution in [-0.2, 0) is 24.3 Å². The molecule has 2 heterocycles. The number of fused-ring (bicyclic) bond motifs is 3. The van der Waals surface area contributed by atoms with Crippen molar-refractivity contribution in [2.75, 3.05) is 7.11 Å². The van der Waals surface area contributed by atoms with E-state index >= 15 is 0 Å². The number of aromatic amines is 1. The van der Waals surface area contributed by atoms with Gasteiger partial charge in [-0.15, -0.1) is 0 Å². The molecule has 1 aliphatic carbocycles. The summed E-state index contributed by atoms with van der Waals surface area (Å²) in [5, 5.41) is 19.7. The zero-order chi connectivity index (χ0) is 18.3. The molecule has 0 fully saturated rings. The van der Waals surface area contributed by atoms with Crippen LogP contribution in [0.15, 0.2) is 4.79 Å². The molecule has 8 heteroatoms. The molecule has 0 saturated carbocycles. The average Bonchev–Trinajstić information content (AvgIpc) is 2.82. The zero-order valence-corrected chi connectivity index (χ0v) is 14.4. The summed E-state index contributed by atoms with van der Waals surface area (Å²) in [5.41, 5.74) is 0.914. The molecule has 0 aromatic carbocycles. The SMILES string of the molecule is CCn1c(COC)nc2c1CC[C@H](C)c1c-2[nH]c(=O)c(C(=O)O)c1O. The zero-order valence-electron chi connectivity index (χ0n) is 14.4. The first-order chi connectivity index (χ1) is 11.9. The topological polar surface area (TPSA) is 117 Å². The number of rotatable bonds is 4. The molecule has 2 aromatic heterocycles. The summed E-state index contributed by atoms with van der Waals surface area (Å²) in [7, 11) is 1.59. The molecule has 1 aliphatic rings. The number of aromatic nitrogens is 3. The van der Waals surface area contributed by atoms with Crippen LogP contribution in [0.25, 0.3) is 11.4 Å². The number of carbonyl (C=O) groups is 1. The summed E-state index contributed by atoms with van der Waals surface area (Å²) in [6.45, 7) is 4.94. The van der Waals surface area contributed by atoms with Gasteiger partial charge in [0.05, 0.1) is 5.69 Å². The van der Waals surface area contributed by atoms with E-state index in [0.29, 0.717) is 42.9 Å². The molecule has 0 bridgehead atoms. The van der Waals surface area contributed by atoms with Gasteiger partial charge in [-0.1, -0.05) is 6.92 Å². The lowest BCUT2D eigenvalue weighted by Gasteiger charge is -2.15. The number of imidazole rings is 1. The number of carboxylic acids is 1. The molecule has 2 aromatic rings. The number of methoxy groups -OCH3 is 1. The van der Waals surface area contributed by atoms with Crippen LogP contribution in [0.4, 0.5) is 0 Å². The quantitative estimate of drug-likeness (QED) is 0.777. The molecule has 0 spiro atoms. The van der Waals surface area contributed by atoms with E-state index in [9.17, 15) is 19.8 Å². The molecular formula is C17H21N3O5. The number of hydrogen-bond donors (Lipinski definition) is 3. The van der Waals surface area contributed by atoms with Crippen molar-refractivity contribution >= 4 is 5.97 Å². The van der Waals surface area contributed by atoms with Crippen LogP contribution in [0.1, 0.15) is 53.6 Å². The molecule has 0 radical (unpaired) electrons. The first-order valence-electron chi connectivity index (χ1n) is 8.20. The van der Waals surface area contributed by atoms with Crippen molar-refractivity contribution in [3.8, 4) is 17.1 Å². The van der Waals surface area contributed by atoms with E-state index in [4.69, 9.17) is 4.74 Å². The van der Waals surface area contributed by atoms with Gasteiger partial charge >= 0.3 is 5.97 Å². The number of hydrogen-bond acceptors (Lipinski definition) is 5. The fourth-order valence-corrected chi connectivity index (χ4v) is 3.57. The van der Waals surface area contributed by atoms with Crippen molar-refractivity contribution in [1.29, 1.82) is 0 Å². The van der Waals surface area contributed by atoms with E-state index in [1.54, 1.807) is 7.11 Å². The van der Waals surface area contributed by atoms with Gasteiger partial charge in [0, 0.05) is 24.9 Å². The Hall–Kier alpha value is -2.61. The Kier molecular flexibility index (Phi) is 4.38. The highest BCUT2D eigenvalue weighted by Crippen LogP contribution is 2.41. The summed E-state index contributed by atoms with van der Waals surface area (Å²) in [6.07, 6.45) is 1.41. The summed E-state index contributed by atoms with van der Waals surface area (Å²) < 4.78 is 7.25. The van der Waals surface area contributed by atoms with Crippen LogP contribution in [0, 0.1) is 0 Å². The van der Waals surface area contributed by atoms with Crippen molar-refractivity contribution in [2.24, 2.45) is 0 Å². The predicted octanol–water partition coefficient (Wildman–Crippen LogP) is 1.86. The van der Waals surface area contributed by atoms with Crippen LogP contribution < -0.4 is 5.56 Å². The number of ether oxygens (including phenoxy) is 1. The van der Waals surface area contributed by atoms with Gasteiger partial charge in [0.1, 0.15) is 23.9 Å². The van der Waals surface area contributed by atoms with Crippen molar-refractivity contribution in [1.82, 2.24) is 14.5 Å². The lowest BCUT2D eigenvalue weighted by molar-refractivity contribution is 0.0691. The number of carboxylic acid groups (broad SMARTS) is 1. The molecule has 0 saturated heterocycles. The van der Waals surface area contributed by atoms with Crippen LogP contribution >= 0.6 is 0 Å². The van der Waals surface area contributed by atoms with Gasteiger partial charge in [0.25, 0.3) is 5.56 Å². The van der Waals surface area contributed by atoms with E-state index < -0.39 is 22.8 Å². The number of H-pyrrole nitrogens is 1. The number of aromatic carboxylic acids is 1. The normalized spacial score (nSPS) is 16.2. The maximum atomic E-state index is 12.2. The molecule has 134 valence electrons. The summed E-state index contributed by atoms with van der Waals surface area (Å²) >= 11 is 0. The summed E-state index contributed by atoms with van der Waals surface area (Å²) in [4.78, 5) is 30.8. The maximum absolute atomic E-state index is 12.2. The Morgan fingerprint density at radius 2 is 2.20 bits per heavy atom. The van der Waals surface area contributed by atoms with Gasteiger partial charge in [-0.05, 0) is 25.7 Å². The second-order valence-corrected chi connectivity index (χ2v) is 6.21. The van der Waals surface area contributed by atoms with Crippen LogP contribution in [0.5, 0.6) is 5.75 Å². The van der Waals surface area contributed by atoms with E-state index in [2.05, 4.69) is 9.97 Å². The van der Waals surface area contributed by atoms with Crippen LogP contribution in [-0.4, -0.2) is 37.8 Å². The van der Waals surface area contributed by atoms with Crippen molar-refractivity contribution < 1.29 is 19.7 Å². The Morgan fingerprint density at radius 1 is 1.48 bits per heavy atom. The second-order valence-electron chi connectivity index (χ2n) is 6.21. The van der Waals surface area contributed by atoms with Crippen molar-refractivity contribution in [2.45, 2.75) is 45.8 Å². The van der Waals surface area contributed by atoms with Gasteiger partial charge in [0.2, 0.25) is 0 Å². The largest absolute Gasteiger partial charge is 0.506 e. The highest BCUT2D eigenvalue weighted by molar-refractivity contribution is 5.92. The number of pyridine rings is 1. The molecule has 0 unspecified atom stereocenters. The minimum atomic E-state index is -1.45. The molecule has 0 aliphatic heterocycles. The molecular weight excluding hydrogens is 326 g/mol. The fourth-order valence-electron chi connectivity index (χ4n) is 3.57. The highest BCUT2D eigenvalue weighted by Gasteiger charge is 2.31. The van der Waals surface area contributed by atoms with Gasteiger partial charge < -0.3 is 24.5 Å². The molecule has 8 nitrogen and oxygen atoms in total. The summed E-state index contributed by atoms with van der Waals surface area (Å²) in [5.74, 6) is -1.29. The lowest BCUT2D eigenvalue weighted by Crippen LogP contribution is -2.20. The molecule has 1 atom stereocenters. The number of aromatic hydroxyl groups is 1. The number of nitrogens with one attached hydrogen (secondary N) is 1. The molecule has 0 amide bonds. The third-order valence-corrected chi connectivity index (χ3v) is 4.73. The monoisotopic (exact) mass is 347 g/mol. The second kappa shape index (κ2) is 6.36. The highest BCUT2D eigenvalue weighted by atomic mass is 16.5. The van der Waals surface area contributed by atoms with Gasteiger partial charge in [-0.3, -0.25) is 4.79 Å². The molecule has 25 heavy (non-hydrogen) atoms. The Bertz CT molecular complexity index is 897. The first kappa shape index (κ1) is 17.2. The Labute approximate surface area is 144 Å². The molecule has 3 rings (SSSR count). The van der Waals surface area contributed by atoms with E-state index in [1.165, 1.54) is 0 Å². The maximum Gasteiger partial charge on any atom is 0.345 e. The average molecular weight is 347 g/mol. The van der Waals surface area contributed by atoms with E-state index in [-0.39, 0.29) is 5.92 Å². The van der Waals surface area contributed by atoms with Crippen molar-refractivity contribution in [3.05, 3.63) is 33.0 Å². The molecule has 3 N–H and O–H groups in total. The van der Waals surface area contributed by atoms with Crippen molar-refractivity contribution in [3.63, 3.8) is 0 Å². The fraction of sp³-hybridized carbons (Fsp3) is 0.471. The van der Waals surface area contributed by atoms with Gasteiger partial charge in [0.15, 0.2) is 5.56 Å². The Morgan fingerprint density at radius 3 is 2.80 bits per heavy atom. The third kappa shape index (κ3) is 2.62. The summed E-state index contributed by atoms with van der Waals surface area (Å²) in [6, 6.07) is 0. The smallest absolute Gasteiger partial charge is 0.345 e. The predicted molar refractivity (Wildman–Crippen MR) is 90.0 cm³/mol. The van der Waals surface area contributed by atoms with Gasteiger partial charge in [-0.2, -0.15) is 0 Å². The van der Waals surface area contributed by atoms with E-state index in [1.807, 2.05) is 18.4 Å².